The lowest BCUT2D eigenvalue weighted by Gasteiger charge is -2.39. The first-order chi connectivity index (χ1) is 8.32. The Hall–Kier alpha value is -0.410. The number of nitrogens with one attached hydrogen (secondary N) is 1. The Morgan fingerprint density at radius 3 is 2.65 bits per heavy atom. The van der Waals surface area contributed by atoms with E-state index >= 15 is 0 Å². The number of aromatic nitrogens is 1. The molecule has 2 nitrogen and oxygen atoms in total. The second kappa shape index (κ2) is 4.69. The zero-order valence-electron chi connectivity index (χ0n) is 10.6. The van der Waals surface area contributed by atoms with E-state index in [-0.39, 0.29) is 5.54 Å². The van der Waals surface area contributed by atoms with E-state index in [0.717, 1.165) is 12.0 Å². The molecule has 0 spiro atoms. The van der Waals surface area contributed by atoms with Gasteiger partial charge in [0.25, 0.3) is 0 Å². The molecule has 2 fully saturated rings. The molecule has 2 saturated carbocycles. The van der Waals surface area contributed by atoms with Crippen molar-refractivity contribution in [3.63, 3.8) is 0 Å². The maximum Gasteiger partial charge on any atom is 0.113 e. The highest BCUT2D eigenvalue weighted by molar-refractivity contribution is 7.09. The van der Waals surface area contributed by atoms with Crippen LogP contribution in [0, 0.1) is 5.92 Å². The van der Waals surface area contributed by atoms with Crippen LogP contribution in [0.1, 0.15) is 56.9 Å². The van der Waals surface area contributed by atoms with Gasteiger partial charge in [0.1, 0.15) is 5.01 Å². The van der Waals surface area contributed by atoms with Gasteiger partial charge in [0, 0.05) is 17.6 Å². The van der Waals surface area contributed by atoms with E-state index in [0.29, 0.717) is 0 Å². The SMILES string of the molecule is CCC1CCC(NC2CC2)(c2nccs2)CC1. The molecule has 1 heterocycles. The minimum Gasteiger partial charge on any atom is -0.303 e. The molecule has 0 amide bonds. The van der Waals surface area contributed by atoms with Gasteiger partial charge in [0.2, 0.25) is 0 Å². The summed E-state index contributed by atoms with van der Waals surface area (Å²) in [7, 11) is 0. The van der Waals surface area contributed by atoms with Gasteiger partial charge in [0.05, 0.1) is 5.54 Å². The second-order valence-electron chi connectivity index (χ2n) is 5.69. The molecule has 0 bridgehead atoms. The summed E-state index contributed by atoms with van der Waals surface area (Å²) < 4.78 is 0. The largest absolute Gasteiger partial charge is 0.303 e. The minimum absolute atomic E-state index is 0.223. The molecule has 1 aromatic heterocycles. The second-order valence-corrected chi connectivity index (χ2v) is 6.58. The van der Waals surface area contributed by atoms with E-state index in [4.69, 9.17) is 0 Å². The van der Waals surface area contributed by atoms with E-state index in [1.54, 1.807) is 0 Å². The topological polar surface area (TPSA) is 24.9 Å². The third kappa shape index (κ3) is 2.41. The summed E-state index contributed by atoms with van der Waals surface area (Å²) in [5.41, 5.74) is 0.223. The fraction of sp³-hybridized carbons (Fsp3) is 0.786. The van der Waals surface area contributed by atoms with Crippen molar-refractivity contribution in [3.8, 4) is 0 Å². The summed E-state index contributed by atoms with van der Waals surface area (Å²) in [4.78, 5) is 4.60. The minimum atomic E-state index is 0.223. The van der Waals surface area contributed by atoms with Crippen LogP contribution in [0.25, 0.3) is 0 Å². The van der Waals surface area contributed by atoms with Crippen molar-refractivity contribution in [2.24, 2.45) is 5.92 Å². The van der Waals surface area contributed by atoms with Crippen molar-refractivity contribution in [3.05, 3.63) is 16.6 Å². The molecule has 0 radical (unpaired) electrons. The van der Waals surface area contributed by atoms with E-state index < -0.39 is 0 Å². The number of nitrogens with zero attached hydrogens (tertiary/aromatic N) is 1. The molecular formula is C14H22N2S. The molecule has 17 heavy (non-hydrogen) atoms. The Morgan fingerprint density at radius 2 is 2.12 bits per heavy atom. The van der Waals surface area contributed by atoms with Crippen LogP contribution in [0.4, 0.5) is 0 Å². The number of thiazole rings is 1. The molecule has 3 heteroatoms. The Balaban J connectivity index is 1.77. The van der Waals surface area contributed by atoms with Crippen LogP contribution in [0.5, 0.6) is 0 Å². The summed E-state index contributed by atoms with van der Waals surface area (Å²) in [6.07, 6.45) is 11.4. The molecule has 2 aliphatic carbocycles. The van der Waals surface area contributed by atoms with Crippen molar-refractivity contribution < 1.29 is 0 Å². The predicted molar refractivity (Wildman–Crippen MR) is 72.2 cm³/mol. The first kappa shape index (κ1) is 11.7. The zero-order valence-corrected chi connectivity index (χ0v) is 11.4. The predicted octanol–water partition coefficient (Wildman–Crippen LogP) is 3.69. The van der Waals surface area contributed by atoms with Gasteiger partial charge in [-0.3, -0.25) is 0 Å². The van der Waals surface area contributed by atoms with Gasteiger partial charge in [-0.2, -0.15) is 0 Å². The summed E-state index contributed by atoms with van der Waals surface area (Å²) >= 11 is 1.83. The average Bonchev–Trinajstić information content (AvgIpc) is 2.99. The van der Waals surface area contributed by atoms with Crippen molar-refractivity contribution >= 4 is 11.3 Å². The number of rotatable bonds is 4. The Labute approximate surface area is 108 Å². The Morgan fingerprint density at radius 1 is 1.35 bits per heavy atom. The van der Waals surface area contributed by atoms with Crippen LogP contribution in [-0.4, -0.2) is 11.0 Å². The van der Waals surface area contributed by atoms with E-state index in [9.17, 15) is 0 Å². The van der Waals surface area contributed by atoms with Crippen molar-refractivity contribution in [1.82, 2.24) is 10.3 Å². The van der Waals surface area contributed by atoms with Gasteiger partial charge in [-0.15, -0.1) is 11.3 Å². The fourth-order valence-corrected chi connectivity index (χ4v) is 3.94. The third-order valence-corrected chi connectivity index (χ3v) is 5.41. The van der Waals surface area contributed by atoms with Gasteiger partial charge in [0.15, 0.2) is 0 Å². The standard InChI is InChI=1S/C14H22N2S/c1-2-11-5-7-14(8-6-11,16-12-3-4-12)13-15-9-10-17-13/h9-12,16H,2-8H2,1H3. The van der Waals surface area contributed by atoms with Crippen LogP contribution in [0.3, 0.4) is 0 Å². The summed E-state index contributed by atoms with van der Waals surface area (Å²) in [5.74, 6) is 0.948. The zero-order chi connectivity index (χ0) is 11.7. The van der Waals surface area contributed by atoms with Gasteiger partial charge >= 0.3 is 0 Å². The molecule has 0 aliphatic heterocycles. The van der Waals surface area contributed by atoms with Crippen LogP contribution < -0.4 is 5.32 Å². The number of hydrogen-bond acceptors (Lipinski definition) is 3. The van der Waals surface area contributed by atoms with Crippen molar-refractivity contribution in [2.75, 3.05) is 0 Å². The van der Waals surface area contributed by atoms with Crippen LogP contribution >= 0.6 is 11.3 Å². The quantitative estimate of drug-likeness (QED) is 0.881. The smallest absolute Gasteiger partial charge is 0.113 e. The summed E-state index contributed by atoms with van der Waals surface area (Å²) in [6.45, 7) is 2.33. The molecular weight excluding hydrogens is 228 g/mol. The van der Waals surface area contributed by atoms with E-state index in [2.05, 4.69) is 22.6 Å². The van der Waals surface area contributed by atoms with Crippen molar-refractivity contribution in [2.45, 2.75) is 63.5 Å². The number of hydrogen-bond donors (Lipinski definition) is 1. The highest BCUT2D eigenvalue weighted by Gasteiger charge is 2.41. The molecule has 0 atom stereocenters. The summed E-state index contributed by atoms with van der Waals surface area (Å²) in [5, 5.41) is 7.36. The first-order valence-corrected chi connectivity index (χ1v) is 7.88. The molecule has 1 N–H and O–H groups in total. The highest BCUT2D eigenvalue weighted by Crippen LogP contribution is 2.43. The molecule has 3 rings (SSSR count). The first-order valence-electron chi connectivity index (χ1n) is 7.00. The van der Waals surface area contributed by atoms with Crippen LogP contribution in [-0.2, 0) is 5.54 Å². The van der Waals surface area contributed by atoms with Gasteiger partial charge in [-0.1, -0.05) is 13.3 Å². The molecule has 1 aromatic rings. The highest BCUT2D eigenvalue weighted by atomic mass is 32.1. The molecule has 94 valence electrons. The maximum atomic E-state index is 4.60. The molecule has 0 saturated heterocycles. The van der Waals surface area contributed by atoms with Gasteiger partial charge in [-0.25, -0.2) is 4.98 Å². The Bertz CT molecular complexity index is 348. The third-order valence-electron chi connectivity index (χ3n) is 4.44. The van der Waals surface area contributed by atoms with Gasteiger partial charge < -0.3 is 5.32 Å². The van der Waals surface area contributed by atoms with E-state index in [1.165, 1.54) is 50.0 Å². The Kier molecular flexibility index (Phi) is 3.22. The van der Waals surface area contributed by atoms with Crippen molar-refractivity contribution in [1.29, 1.82) is 0 Å². The van der Waals surface area contributed by atoms with Crippen LogP contribution in [0.15, 0.2) is 11.6 Å². The molecule has 0 unspecified atom stereocenters. The maximum absolute atomic E-state index is 4.60. The average molecular weight is 250 g/mol. The fourth-order valence-electron chi connectivity index (χ4n) is 3.08. The molecule has 0 aromatic carbocycles. The summed E-state index contributed by atoms with van der Waals surface area (Å²) in [6, 6.07) is 0.775. The lowest BCUT2D eigenvalue weighted by atomic mass is 9.75. The normalized spacial score (nSPS) is 33.8. The lowest BCUT2D eigenvalue weighted by molar-refractivity contribution is 0.182. The van der Waals surface area contributed by atoms with Gasteiger partial charge in [-0.05, 0) is 44.4 Å². The van der Waals surface area contributed by atoms with E-state index in [1.807, 2.05) is 17.5 Å². The van der Waals surface area contributed by atoms with Crippen LogP contribution in [0.2, 0.25) is 0 Å². The monoisotopic (exact) mass is 250 g/mol. The lowest BCUT2D eigenvalue weighted by Crippen LogP contribution is -2.46. The molecule has 2 aliphatic rings.